The molecule has 24 heavy (non-hydrogen) atoms. The van der Waals surface area contributed by atoms with Crippen molar-refractivity contribution < 1.29 is 9.59 Å². The second-order valence-corrected chi connectivity index (χ2v) is 7.15. The van der Waals surface area contributed by atoms with Crippen LogP contribution in [0.25, 0.3) is 0 Å². The Morgan fingerprint density at radius 3 is 2.79 bits per heavy atom. The molecule has 0 N–H and O–H groups in total. The Hall–Kier alpha value is -1.95. The lowest BCUT2D eigenvalue weighted by molar-refractivity contribution is -0.145. The van der Waals surface area contributed by atoms with Crippen molar-refractivity contribution in [1.29, 1.82) is 0 Å². The monoisotopic (exact) mass is 330 g/mol. The number of pyridine rings is 1. The Morgan fingerprint density at radius 2 is 2.08 bits per heavy atom. The van der Waals surface area contributed by atoms with Crippen molar-refractivity contribution in [2.24, 2.45) is 5.92 Å². The lowest BCUT2D eigenvalue weighted by Gasteiger charge is -2.36. The average Bonchev–Trinajstić information content (AvgIpc) is 2.79. The van der Waals surface area contributed by atoms with Crippen molar-refractivity contribution >= 4 is 11.8 Å². The molecule has 3 aliphatic heterocycles. The molecule has 4 heterocycles. The lowest BCUT2D eigenvalue weighted by Crippen LogP contribution is -2.51. The van der Waals surface area contributed by atoms with Crippen LogP contribution < -0.4 is 0 Å². The number of aromatic nitrogens is 1. The zero-order valence-corrected chi connectivity index (χ0v) is 14.7. The van der Waals surface area contributed by atoms with Crippen molar-refractivity contribution in [3.63, 3.8) is 0 Å². The third-order valence-corrected chi connectivity index (χ3v) is 5.00. The fraction of sp³-hybridized carbons (Fsp3) is 0.611. The van der Waals surface area contributed by atoms with E-state index in [1.807, 2.05) is 25.1 Å². The summed E-state index contributed by atoms with van der Waals surface area (Å²) >= 11 is 0. The van der Waals surface area contributed by atoms with Crippen LogP contribution in [0, 0.1) is 12.8 Å². The summed E-state index contributed by atoms with van der Waals surface area (Å²) < 4.78 is 0. The zero-order valence-electron chi connectivity index (χ0n) is 14.7. The molecule has 0 aromatic carbocycles. The van der Waals surface area contributed by atoms with E-state index >= 15 is 0 Å². The number of rotatable bonds is 4. The molecule has 0 radical (unpaired) electrons. The number of likely N-dealkylation sites (N-methyl/N-ethyl adjacent to an activating group) is 1. The van der Waals surface area contributed by atoms with E-state index in [-0.39, 0.29) is 30.3 Å². The van der Waals surface area contributed by atoms with Crippen molar-refractivity contribution in [2.75, 3.05) is 33.7 Å². The van der Waals surface area contributed by atoms with E-state index in [2.05, 4.69) is 9.88 Å². The number of aryl methyl sites for hydroxylation is 1. The molecule has 6 nitrogen and oxygen atoms in total. The van der Waals surface area contributed by atoms with Gasteiger partial charge in [-0.3, -0.25) is 19.5 Å². The van der Waals surface area contributed by atoms with E-state index in [0.717, 1.165) is 43.9 Å². The van der Waals surface area contributed by atoms with Crippen LogP contribution in [0.5, 0.6) is 0 Å². The Morgan fingerprint density at radius 1 is 1.29 bits per heavy atom. The van der Waals surface area contributed by atoms with Crippen molar-refractivity contribution in [2.45, 2.75) is 32.4 Å². The van der Waals surface area contributed by atoms with Crippen molar-refractivity contribution in [1.82, 2.24) is 19.7 Å². The Labute approximate surface area is 143 Å². The van der Waals surface area contributed by atoms with Crippen molar-refractivity contribution in [3.05, 3.63) is 29.6 Å². The fourth-order valence-electron chi connectivity index (χ4n) is 3.67. The quantitative estimate of drug-likeness (QED) is 0.823. The summed E-state index contributed by atoms with van der Waals surface area (Å²) in [4.78, 5) is 35.1. The molecule has 0 saturated carbocycles. The highest BCUT2D eigenvalue weighted by atomic mass is 16.2. The Bertz CT molecular complexity index is 631. The Kier molecular flexibility index (Phi) is 4.85. The summed E-state index contributed by atoms with van der Waals surface area (Å²) in [6.07, 6.45) is 1.91. The molecular formula is C18H26N4O2. The molecule has 2 bridgehead atoms. The number of hydrogen-bond acceptors (Lipinski definition) is 4. The van der Waals surface area contributed by atoms with Crippen LogP contribution >= 0.6 is 0 Å². The summed E-state index contributed by atoms with van der Waals surface area (Å²) in [5.74, 6) is 0.132. The molecule has 0 spiro atoms. The van der Waals surface area contributed by atoms with Gasteiger partial charge in [-0.25, -0.2) is 0 Å². The van der Waals surface area contributed by atoms with E-state index in [1.165, 1.54) is 0 Å². The summed E-state index contributed by atoms with van der Waals surface area (Å²) in [5, 5.41) is 0. The molecule has 130 valence electrons. The van der Waals surface area contributed by atoms with Gasteiger partial charge in [-0.1, -0.05) is 6.07 Å². The third kappa shape index (κ3) is 3.59. The molecule has 1 aromatic heterocycles. The van der Waals surface area contributed by atoms with Crippen LogP contribution in [0.1, 0.15) is 24.2 Å². The maximum atomic E-state index is 12.7. The maximum absolute atomic E-state index is 12.7. The first kappa shape index (κ1) is 16.9. The highest BCUT2D eigenvalue weighted by Gasteiger charge is 2.41. The zero-order chi connectivity index (χ0) is 17.3. The summed E-state index contributed by atoms with van der Waals surface area (Å²) in [5.41, 5.74) is 2.05. The smallest absolute Gasteiger partial charge is 0.241 e. The van der Waals surface area contributed by atoms with Gasteiger partial charge in [0.2, 0.25) is 11.8 Å². The van der Waals surface area contributed by atoms with Gasteiger partial charge in [-0.2, -0.15) is 0 Å². The third-order valence-electron chi connectivity index (χ3n) is 5.00. The molecule has 6 heteroatoms. The van der Waals surface area contributed by atoms with Crippen LogP contribution in [0.3, 0.4) is 0 Å². The van der Waals surface area contributed by atoms with Crippen LogP contribution in [0.2, 0.25) is 0 Å². The van der Waals surface area contributed by atoms with E-state index < -0.39 is 0 Å². The number of carbonyl (C=O) groups is 2. The minimum absolute atomic E-state index is 0.00326. The topological polar surface area (TPSA) is 56.8 Å². The number of amides is 2. The molecule has 3 fully saturated rings. The van der Waals surface area contributed by atoms with Gasteiger partial charge in [0.25, 0.3) is 0 Å². The van der Waals surface area contributed by atoms with E-state index in [1.54, 1.807) is 23.9 Å². The lowest BCUT2D eigenvalue weighted by atomic mass is 9.94. The molecule has 1 aromatic rings. The SMILES string of the molecule is Cc1cccc(CN2C[C@@H]3CC[C@H](C2)N(CC(=O)N(C)C)C3=O)n1. The fourth-order valence-corrected chi connectivity index (χ4v) is 3.67. The number of carbonyl (C=O) groups excluding carboxylic acids is 2. The number of nitrogens with zero attached hydrogens (tertiary/aromatic N) is 4. The summed E-state index contributed by atoms with van der Waals surface area (Å²) in [6, 6.07) is 6.19. The molecule has 0 unspecified atom stereocenters. The van der Waals surface area contributed by atoms with Crippen LogP contribution in [0.4, 0.5) is 0 Å². The van der Waals surface area contributed by atoms with Crippen LogP contribution in [-0.4, -0.2) is 71.3 Å². The highest BCUT2D eigenvalue weighted by Crippen LogP contribution is 2.29. The highest BCUT2D eigenvalue weighted by molar-refractivity contribution is 5.86. The van der Waals surface area contributed by atoms with E-state index in [4.69, 9.17) is 0 Å². The van der Waals surface area contributed by atoms with Gasteiger partial charge in [-0.05, 0) is 31.9 Å². The number of fused-ring (bicyclic) bond motifs is 4. The molecule has 2 amide bonds. The van der Waals surface area contributed by atoms with Gasteiger partial charge in [0.05, 0.1) is 11.6 Å². The van der Waals surface area contributed by atoms with Gasteiger partial charge in [-0.15, -0.1) is 0 Å². The maximum Gasteiger partial charge on any atom is 0.241 e. The first-order chi connectivity index (χ1) is 11.4. The van der Waals surface area contributed by atoms with Gasteiger partial charge in [0.1, 0.15) is 6.54 Å². The largest absolute Gasteiger partial charge is 0.347 e. The second-order valence-electron chi connectivity index (χ2n) is 7.15. The molecule has 3 saturated heterocycles. The standard InChI is InChI=1S/C18H26N4O2/c1-13-5-4-6-15(19-13)10-21-9-14-7-8-16(11-21)22(18(14)24)12-17(23)20(2)3/h4-6,14,16H,7-12H2,1-3H3/t14-,16+/m0/s1. The predicted octanol–water partition coefficient (Wildman–Crippen LogP) is 0.901. The molecular weight excluding hydrogens is 304 g/mol. The molecule has 2 atom stereocenters. The van der Waals surface area contributed by atoms with E-state index in [0.29, 0.717) is 0 Å². The minimum atomic E-state index is -0.0113. The molecule has 4 rings (SSSR count). The first-order valence-corrected chi connectivity index (χ1v) is 8.59. The minimum Gasteiger partial charge on any atom is -0.347 e. The van der Waals surface area contributed by atoms with Gasteiger partial charge < -0.3 is 9.80 Å². The van der Waals surface area contributed by atoms with Gasteiger partial charge in [0.15, 0.2) is 0 Å². The van der Waals surface area contributed by atoms with Crippen molar-refractivity contribution in [3.8, 4) is 0 Å². The first-order valence-electron chi connectivity index (χ1n) is 8.59. The molecule has 3 aliphatic rings. The number of hydrogen-bond donors (Lipinski definition) is 0. The summed E-state index contributed by atoms with van der Waals surface area (Å²) in [7, 11) is 3.47. The van der Waals surface area contributed by atoms with Gasteiger partial charge in [0, 0.05) is 45.5 Å². The Balaban J connectivity index is 1.72. The van der Waals surface area contributed by atoms with Gasteiger partial charge >= 0.3 is 0 Å². The molecule has 0 aliphatic carbocycles. The number of piperidine rings is 1. The van der Waals surface area contributed by atoms with E-state index in [9.17, 15) is 9.59 Å². The van der Waals surface area contributed by atoms with Crippen LogP contribution in [0.15, 0.2) is 18.2 Å². The van der Waals surface area contributed by atoms with Crippen LogP contribution in [-0.2, 0) is 16.1 Å². The average molecular weight is 330 g/mol. The normalized spacial score (nSPS) is 24.1. The predicted molar refractivity (Wildman–Crippen MR) is 91.2 cm³/mol. The second kappa shape index (κ2) is 6.89. The summed E-state index contributed by atoms with van der Waals surface area (Å²) in [6.45, 7) is 4.53.